The predicted molar refractivity (Wildman–Crippen MR) is 100 cm³/mol. The molecule has 1 heterocycles. The maximum Gasteiger partial charge on any atom is 0.254 e. The number of halogens is 1. The highest BCUT2D eigenvalue weighted by molar-refractivity contribution is 7.91. The molecule has 2 rings (SSSR count). The lowest BCUT2D eigenvalue weighted by molar-refractivity contribution is -0.124. The molecule has 146 valence electrons. The van der Waals surface area contributed by atoms with Crippen LogP contribution in [-0.2, 0) is 21.4 Å². The number of primary sulfonamides is 1. The molecular weight excluding hydrogens is 393 g/mol. The molecule has 0 aliphatic rings. The Morgan fingerprint density at radius 1 is 1.19 bits per heavy atom. The van der Waals surface area contributed by atoms with Gasteiger partial charge in [0.15, 0.2) is 0 Å². The number of carbonyl (C=O) groups excluding carboxylic acids is 2. The van der Waals surface area contributed by atoms with Crippen LogP contribution in [0.5, 0.6) is 0 Å². The van der Waals surface area contributed by atoms with Gasteiger partial charge < -0.3 is 10.6 Å². The summed E-state index contributed by atoms with van der Waals surface area (Å²) in [4.78, 5) is 25.3. The minimum Gasteiger partial charge on any atom is -0.349 e. The van der Waals surface area contributed by atoms with Gasteiger partial charge in [0, 0.05) is 4.88 Å². The second-order valence-electron chi connectivity index (χ2n) is 6.16. The number of nitrogens with one attached hydrogen (secondary N) is 2. The number of thiophene rings is 1. The van der Waals surface area contributed by atoms with Gasteiger partial charge in [-0.15, -0.1) is 11.3 Å². The maximum atomic E-state index is 13.7. The molecule has 0 unspecified atom stereocenters. The normalized spacial score (nSPS) is 12.6. The van der Waals surface area contributed by atoms with Crippen molar-refractivity contribution in [1.82, 2.24) is 10.6 Å². The lowest BCUT2D eigenvalue weighted by Gasteiger charge is -2.21. The highest BCUT2D eigenvalue weighted by Crippen LogP contribution is 2.20. The number of carbonyl (C=O) groups is 2. The molecule has 2 amide bonds. The molecule has 0 saturated heterocycles. The molecule has 1 aromatic carbocycles. The number of amides is 2. The van der Waals surface area contributed by atoms with Crippen molar-refractivity contribution in [3.63, 3.8) is 0 Å². The molecule has 0 bridgehead atoms. The van der Waals surface area contributed by atoms with Gasteiger partial charge in [-0.3, -0.25) is 9.59 Å². The molecule has 27 heavy (non-hydrogen) atoms. The zero-order valence-corrected chi connectivity index (χ0v) is 16.4. The lowest BCUT2D eigenvalue weighted by atomic mass is 10.0. The molecule has 7 nitrogen and oxygen atoms in total. The molecule has 0 spiro atoms. The van der Waals surface area contributed by atoms with E-state index >= 15 is 0 Å². The molecule has 0 fully saturated rings. The molecule has 1 aromatic heterocycles. The van der Waals surface area contributed by atoms with Crippen LogP contribution in [0.4, 0.5) is 4.39 Å². The molecule has 0 saturated carbocycles. The Kier molecular flexibility index (Phi) is 6.68. The van der Waals surface area contributed by atoms with Crippen LogP contribution in [0.1, 0.15) is 29.1 Å². The Bertz CT molecular complexity index is 941. The molecular formula is C17H20FN3O4S2. The fourth-order valence-corrected chi connectivity index (χ4v) is 4.01. The zero-order valence-electron chi connectivity index (χ0n) is 14.7. The first-order valence-electron chi connectivity index (χ1n) is 8.04. The van der Waals surface area contributed by atoms with E-state index in [1.165, 1.54) is 30.3 Å². The van der Waals surface area contributed by atoms with Crippen LogP contribution in [0.3, 0.4) is 0 Å². The predicted octanol–water partition coefficient (Wildman–Crippen LogP) is 1.61. The van der Waals surface area contributed by atoms with Gasteiger partial charge in [0.25, 0.3) is 5.91 Å². The highest BCUT2D eigenvalue weighted by atomic mass is 32.2. The molecule has 0 aliphatic carbocycles. The van der Waals surface area contributed by atoms with Crippen molar-refractivity contribution in [2.45, 2.75) is 30.6 Å². The Morgan fingerprint density at radius 3 is 2.41 bits per heavy atom. The number of hydrogen-bond donors (Lipinski definition) is 3. The van der Waals surface area contributed by atoms with Crippen LogP contribution in [0, 0.1) is 11.7 Å². The third-order valence-electron chi connectivity index (χ3n) is 3.71. The summed E-state index contributed by atoms with van der Waals surface area (Å²) in [6.45, 7) is 3.57. The van der Waals surface area contributed by atoms with Crippen molar-refractivity contribution in [2.75, 3.05) is 0 Å². The summed E-state index contributed by atoms with van der Waals surface area (Å²) >= 11 is 0.950. The van der Waals surface area contributed by atoms with E-state index in [1.807, 2.05) is 0 Å². The minimum absolute atomic E-state index is 0.0000131. The van der Waals surface area contributed by atoms with Crippen LogP contribution in [0.25, 0.3) is 0 Å². The van der Waals surface area contributed by atoms with Gasteiger partial charge in [-0.2, -0.15) is 0 Å². The maximum absolute atomic E-state index is 13.7. The average Bonchev–Trinajstić information content (AvgIpc) is 3.07. The molecule has 0 aliphatic heterocycles. The number of nitrogens with two attached hydrogens (primary N) is 1. The summed E-state index contributed by atoms with van der Waals surface area (Å²) < 4.78 is 36.3. The Morgan fingerprint density at radius 2 is 1.85 bits per heavy atom. The van der Waals surface area contributed by atoms with Crippen molar-refractivity contribution >= 4 is 33.2 Å². The first kappa shape index (κ1) is 21.0. The van der Waals surface area contributed by atoms with E-state index in [4.69, 9.17) is 5.14 Å². The first-order valence-corrected chi connectivity index (χ1v) is 10.4. The van der Waals surface area contributed by atoms with Crippen molar-refractivity contribution in [1.29, 1.82) is 0 Å². The highest BCUT2D eigenvalue weighted by Gasteiger charge is 2.25. The SMILES string of the molecule is CC(C)[C@H](NC(=O)c1ccccc1F)C(=O)NCc1ccc(S(N)(=O)=O)s1. The minimum atomic E-state index is -3.79. The van der Waals surface area contributed by atoms with Crippen LogP contribution < -0.4 is 15.8 Å². The fraction of sp³-hybridized carbons (Fsp3) is 0.294. The number of hydrogen-bond acceptors (Lipinski definition) is 5. The van der Waals surface area contributed by atoms with Crippen molar-refractivity contribution in [3.8, 4) is 0 Å². The number of benzene rings is 1. The van der Waals surface area contributed by atoms with E-state index in [0.29, 0.717) is 4.88 Å². The topological polar surface area (TPSA) is 118 Å². The van der Waals surface area contributed by atoms with E-state index < -0.39 is 33.7 Å². The van der Waals surface area contributed by atoms with E-state index in [1.54, 1.807) is 19.9 Å². The monoisotopic (exact) mass is 413 g/mol. The van der Waals surface area contributed by atoms with Gasteiger partial charge in [-0.05, 0) is 30.2 Å². The van der Waals surface area contributed by atoms with E-state index in [2.05, 4.69) is 10.6 Å². The van der Waals surface area contributed by atoms with Crippen LogP contribution >= 0.6 is 11.3 Å². The van der Waals surface area contributed by atoms with Crippen LogP contribution in [-0.4, -0.2) is 26.3 Å². The molecule has 10 heteroatoms. The Balaban J connectivity index is 2.04. The Labute approximate surface area is 160 Å². The van der Waals surface area contributed by atoms with Crippen molar-refractivity contribution in [2.24, 2.45) is 11.1 Å². The van der Waals surface area contributed by atoms with Gasteiger partial charge in [-0.25, -0.2) is 17.9 Å². The fourth-order valence-electron chi connectivity index (χ4n) is 2.29. The Hall–Kier alpha value is -2.30. The summed E-state index contributed by atoms with van der Waals surface area (Å²) in [5.74, 6) is -2.06. The van der Waals surface area contributed by atoms with Gasteiger partial charge >= 0.3 is 0 Å². The lowest BCUT2D eigenvalue weighted by Crippen LogP contribution is -2.49. The number of sulfonamides is 1. The standard InChI is InChI=1S/C17H20FN3O4S2/c1-10(2)15(21-16(22)12-5-3-4-6-13(12)18)17(23)20-9-11-7-8-14(26-11)27(19,24)25/h3-8,10,15H,9H2,1-2H3,(H,20,23)(H,21,22)(H2,19,24,25)/t15-/m0/s1. The first-order chi connectivity index (χ1) is 12.6. The molecule has 0 radical (unpaired) electrons. The van der Waals surface area contributed by atoms with Crippen LogP contribution in [0.2, 0.25) is 0 Å². The average molecular weight is 413 g/mol. The summed E-state index contributed by atoms with van der Waals surface area (Å²) in [6, 6.07) is 7.53. The third-order valence-corrected chi connectivity index (χ3v) is 6.23. The van der Waals surface area contributed by atoms with Gasteiger partial charge in [-0.1, -0.05) is 26.0 Å². The van der Waals surface area contributed by atoms with Crippen molar-refractivity contribution < 1.29 is 22.4 Å². The smallest absolute Gasteiger partial charge is 0.254 e. The molecule has 1 atom stereocenters. The summed E-state index contributed by atoms with van der Waals surface area (Å²) in [5.41, 5.74) is -0.146. The molecule has 2 aromatic rings. The number of rotatable bonds is 7. The quantitative estimate of drug-likeness (QED) is 0.639. The summed E-state index contributed by atoms with van der Waals surface area (Å²) in [5, 5.41) is 10.2. The van der Waals surface area contributed by atoms with Crippen LogP contribution in [0.15, 0.2) is 40.6 Å². The van der Waals surface area contributed by atoms with E-state index in [-0.39, 0.29) is 22.2 Å². The van der Waals surface area contributed by atoms with Gasteiger partial charge in [0.2, 0.25) is 15.9 Å². The largest absolute Gasteiger partial charge is 0.349 e. The van der Waals surface area contributed by atoms with Crippen molar-refractivity contribution in [3.05, 3.63) is 52.7 Å². The second kappa shape index (κ2) is 8.59. The second-order valence-corrected chi connectivity index (χ2v) is 9.12. The summed E-state index contributed by atoms with van der Waals surface area (Å²) in [7, 11) is -3.79. The third kappa shape index (κ3) is 5.59. The van der Waals surface area contributed by atoms with Gasteiger partial charge in [0.1, 0.15) is 16.1 Å². The summed E-state index contributed by atoms with van der Waals surface area (Å²) in [6.07, 6.45) is 0. The van der Waals surface area contributed by atoms with Gasteiger partial charge in [0.05, 0.1) is 12.1 Å². The van der Waals surface area contributed by atoms with E-state index in [0.717, 1.165) is 11.3 Å². The molecule has 4 N–H and O–H groups in total. The zero-order chi connectivity index (χ0) is 20.2. The van der Waals surface area contributed by atoms with E-state index in [9.17, 15) is 22.4 Å².